The van der Waals surface area contributed by atoms with Crippen LogP contribution in [0.15, 0.2) is 24.3 Å². The minimum atomic E-state index is -2.88. The first-order valence-corrected chi connectivity index (χ1v) is 10.9. The number of piperazine rings is 1. The van der Waals surface area contributed by atoms with Crippen LogP contribution in [0.1, 0.15) is 20.3 Å². The number of carbonyl (C=O) groups is 1. The van der Waals surface area contributed by atoms with E-state index in [1.165, 1.54) is 0 Å². The van der Waals surface area contributed by atoms with Gasteiger partial charge < -0.3 is 15.0 Å². The van der Waals surface area contributed by atoms with E-state index in [4.69, 9.17) is 4.74 Å². The van der Waals surface area contributed by atoms with Crippen LogP contribution in [0.25, 0.3) is 0 Å². The molecule has 26 heavy (non-hydrogen) atoms. The van der Waals surface area contributed by atoms with Crippen molar-refractivity contribution in [3.8, 4) is 5.75 Å². The summed E-state index contributed by atoms with van der Waals surface area (Å²) in [7, 11) is -2.88. The Labute approximate surface area is 155 Å². The maximum atomic E-state index is 12.6. The maximum absolute atomic E-state index is 12.6. The molecule has 2 amide bonds. The van der Waals surface area contributed by atoms with Gasteiger partial charge in [0.2, 0.25) is 0 Å². The second-order valence-corrected chi connectivity index (χ2v) is 9.40. The van der Waals surface area contributed by atoms with Crippen molar-refractivity contribution >= 4 is 21.6 Å². The number of amides is 2. The van der Waals surface area contributed by atoms with Crippen molar-refractivity contribution in [3.05, 3.63) is 24.3 Å². The summed E-state index contributed by atoms with van der Waals surface area (Å²) < 4.78 is 29.0. The Morgan fingerprint density at radius 2 is 1.88 bits per heavy atom. The second-order valence-electron chi connectivity index (χ2n) is 7.17. The molecule has 2 fully saturated rings. The number of para-hydroxylation sites is 2. The van der Waals surface area contributed by atoms with Gasteiger partial charge in [0.25, 0.3) is 0 Å². The molecule has 0 spiro atoms. The molecule has 0 aliphatic carbocycles. The van der Waals surface area contributed by atoms with Gasteiger partial charge in [-0.15, -0.1) is 0 Å². The van der Waals surface area contributed by atoms with Crippen LogP contribution >= 0.6 is 0 Å². The first-order valence-electron chi connectivity index (χ1n) is 9.10. The normalized spacial score (nSPS) is 23.2. The van der Waals surface area contributed by atoms with E-state index in [-0.39, 0.29) is 29.7 Å². The average Bonchev–Trinajstić information content (AvgIpc) is 2.96. The molecule has 1 atom stereocenters. The predicted molar refractivity (Wildman–Crippen MR) is 101 cm³/mol. The Morgan fingerprint density at radius 3 is 2.50 bits per heavy atom. The molecule has 1 unspecified atom stereocenters. The number of nitrogens with zero attached hydrogens (tertiary/aromatic N) is 2. The van der Waals surface area contributed by atoms with Gasteiger partial charge in [0.15, 0.2) is 9.84 Å². The summed E-state index contributed by atoms with van der Waals surface area (Å²) in [6.07, 6.45) is 0.730. The highest BCUT2D eigenvalue weighted by Gasteiger charge is 2.34. The Kier molecular flexibility index (Phi) is 5.72. The highest BCUT2D eigenvalue weighted by atomic mass is 32.2. The van der Waals surface area contributed by atoms with Gasteiger partial charge in [-0.05, 0) is 32.4 Å². The lowest BCUT2D eigenvalue weighted by Crippen LogP contribution is -2.53. The zero-order valence-corrected chi connectivity index (χ0v) is 16.2. The number of ether oxygens (including phenoxy) is 1. The van der Waals surface area contributed by atoms with Gasteiger partial charge in [0.1, 0.15) is 5.75 Å². The van der Waals surface area contributed by atoms with Crippen LogP contribution in [0, 0.1) is 0 Å². The number of sulfone groups is 1. The van der Waals surface area contributed by atoms with E-state index in [2.05, 4.69) is 10.2 Å². The largest absolute Gasteiger partial charge is 0.489 e. The van der Waals surface area contributed by atoms with Crippen molar-refractivity contribution in [2.75, 3.05) is 43.0 Å². The highest BCUT2D eigenvalue weighted by molar-refractivity contribution is 7.91. The van der Waals surface area contributed by atoms with Crippen LogP contribution in [0.2, 0.25) is 0 Å². The van der Waals surface area contributed by atoms with E-state index >= 15 is 0 Å². The summed E-state index contributed by atoms with van der Waals surface area (Å²) in [6.45, 7) is 6.49. The van der Waals surface area contributed by atoms with Crippen molar-refractivity contribution in [1.82, 2.24) is 9.80 Å². The smallest absolute Gasteiger partial charge is 0.322 e. The monoisotopic (exact) mass is 381 g/mol. The van der Waals surface area contributed by atoms with Crippen molar-refractivity contribution in [2.45, 2.75) is 32.4 Å². The van der Waals surface area contributed by atoms with Crippen molar-refractivity contribution < 1.29 is 17.9 Å². The van der Waals surface area contributed by atoms with E-state index in [9.17, 15) is 13.2 Å². The lowest BCUT2D eigenvalue weighted by atomic mass is 10.2. The van der Waals surface area contributed by atoms with Crippen LogP contribution < -0.4 is 10.1 Å². The highest BCUT2D eigenvalue weighted by Crippen LogP contribution is 2.25. The lowest BCUT2D eigenvalue weighted by Gasteiger charge is -2.37. The molecule has 1 aromatic rings. The third kappa shape index (κ3) is 4.67. The second kappa shape index (κ2) is 7.84. The Bertz CT molecular complexity index is 743. The standard InChI is InChI=1S/C18H27N3O4S/c1-14(2)25-17-6-4-3-5-16(17)19-18(22)21-10-8-20(9-11-21)15-7-12-26(23,24)13-15/h3-6,14-15H,7-13H2,1-2H3,(H,19,22). The zero-order valence-electron chi connectivity index (χ0n) is 15.3. The molecule has 2 saturated heterocycles. The Hall–Kier alpha value is -1.80. The Balaban J connectivity index is 1.55. The molecule has 3 rings (SSSR count). The minimum absolute atomic E-state index is 0.0271. The molecule has 0 bridgehead atoms. The van der Waals surface area contributed by atoms with Crippen LogP contribution in [-0.4, -0.2) is 74.1 Å². The van der Waals surface area contributed by atoms with Crippen LogP contribution in [0.5, 0.6) is 5.75 Å². The quantitative estimate of drug-likeness (QED) is 0.861. The molecule has 2 heterocycles. The number of benzene rings is 1. The van der Waals surface area contributed by atoms with Gasteiger partial charge in [0, 0.05) is 32.2 Å². The van der Waals surface area contributed by atoms with Crippen LogP contribution in [-0.2, 0) is 9.84 Å². The summed E-state index contributed by atoms with van der Waals surface area (Å²) in [5.41, 5.74) is 0.663. The Morgan fingerprint density at radius 1 is 1.19 bits per heavy atom. The summed E-state index contributed by atoms with van der Waals surface area (Å²) >= 11 is 0. The van der Waals surface area contributed by atoms with E-state index in [0.717, 1.165) is 0 Å². The molecule has 0 radical (unpaired) electrons. The first-order chi connectivity index (χ1) is 12.3. The number of urea groups is 1. The van der Waals surface area contributed by atoms with Gasteiger partial charge in [0.05, 0.1) is 23.3 Å². The van der Waals surface area contributed by atoms with E-state index in [0.29, 0.717) is 44.0 Å². The predicted octanol–water partition coefficient (Wildman–Crippen LogP) is 1.81. The van der Waals surface area contributed by atoms with Gasteiger partial charge in [-0.25, -0.2) is 13.2 Å². The van der Waals surface area contributed by atoms with Crippen molar-refractivity contribution in [2.24, 2.45) is 0 Å². The fourth-order valence-corrected chi connectivity index (χ4v) is 5.24. The topological polar surface area (TPSA) is 79.0 Å². The van der Waals surface area contributed by atoms with Gasteiger partial charge in [-0.3, -0.25) is 4.90 Å². The number of carbonyl (C=O) groups excluding carboxylic acids is 1. The molecule has 8 heteroatoms. The van der Waals surface area contributed by atoms with Crippen LogP contribution in [0.3, 0.4) is 0 Å². The van der Waals surface area contributed by atoms with Gasteiger partial charge >= 0.3 is 6.03 Å². The number of hydrogen-bond donors (Lipinski definition) is 1. The third-order valence-corrected chi connectivity index (χ3v) is 6.57. The number of rotatable bonds is 4. The van der Waals surface area contributed by atoms with E-state index < -0.39 is 9.84 Å². The molecule has 144 valence electrons. The summed E-state index contributed by atoms with van der Waals surface area (Å²) in [5, 5.41) is 2.93. The lowest BCUT2D eigenvalue weighted by molar-refractivity contribution is 0.121. The van der Waals surface area contributed by atoms with E-state index in [1.807, 2.05) is 38.1 Å². The minimum Gasteiger partial charge on any atom is -0.489 e. The average molecular weight is 381 g/mol. The number of anilines is 1. The molecule has 1 aromatic carbocycles. The van der Waals surface area contributed by atoms with Crippen LogP contribution in [0.4, 0.5) is 10.5 Å². The fraction of sp³-hybridized carbons (Fsp3) is 0.611. The molecule has 0 aromatic heterocycles. The zero-order chi connectivity index (χ0) is 18.7. The van der Waals surface area contributed by atoms with Gasteiger partial charge in [-0.1, -0.05) is 12.1 Å². The molecular formula is C18H27N3O4S. The first kappa shape index (κ1) is 19.0. The summed E-state index contributed by atoms with van der Waals surface area (Å²) in [4.78, 5) is 16.5. The van der Waals surface area contributed by atoms with Crippen molar-refractivity contribution in [1.29, 1.82) is 0 Å². The SMILES string of the molecule is CC(C)Oc1ccccc1NC(=O)N1CCN(C2CCS(=O)(=O)C2)CC1. The third-order valence-electron chi connectivity index (χ3n) is 4.82. The molecule has 7 nitrogen and oxygen atoms in total. The summed E-state index contributed by atoms with van der Waals surface area (Å²) in [6, 6.07) is 7.36. The molecule has 0 saturated carbocycles. The van der Waals surface area contributed by atoms with Crippen molar-refractivity contribution in [3.63, 3.8) is 0 Å². The number of hydrogen-bond acceptors (Lipinski definition) is 5. The molecule has 2 aliphatic rings. The van der Waals surface area contributed by atoms with Gasteiger partial charge in [-0.2, -0.15) is 0 Å². The summed E-state index contributed by atoms with van der Waals surface area (Å²) in [5.74, 6) is 1.19. The van der Waals surface area contributed by atoms with E-state index in [1.54, 1.807) is 4.90 Å². The fourth-order valence-electron chi connectivity index (χ4n) is 3.47. The molecule has 1 N–H and O–H groups in total. The number of nitrogens with one attached hydrogen (secondary N) is 1. The maximum Gasteiger partial charge on any atom is 0.322 e. The molecular weight excluding hydrogens is 354 g/mol. The molecule has 2 aliphatic heterocycles.